The van der Waals surface area contributed by atoms with Gasteiger partial charge in [-0.1, -0.05) is 0 Å². The summed E-state index contributed by atoms with van der Waals surface area (Å²) in [6.07, 6.45) is -3.33. The molecule has 0 atom stereocenters. The molecular formula is C21H17F5N6O. The first-order valence-electron chi connectivity index (χ1n) is 9.67. The summed E-state index contributed by atoms with van der Waals surface area (Å²) >= 11 is 0. The van der Waals surface area contributed by atoms with E-state index in [0.717, 1.165) is 18.2 Å². The predicted octanol–water partition coefficient (Wildman–Crippen LogP) is 4.44. The first kappa shape index (κ1) is 22.4. The highest BCUT2D eigenvalue weighted by molar-refractivity contribution is 5.79. The van der Waals surface area contributed by atoms with Gasteiger partial charge in [-0.15, -0.1) is 0 Å². The molecule has 4 rings (SSSR count). The maximum absolute atomic E-state index is 14.4. The molecule has 2 heterocycles. The van der Waals surface area contributed by atoms with Gasteiger partial charge in [-0.25, -0.2) is 33.4 Å². The Morgan fingerprint density at radius 1 is 1.06 bits per heavy atom. The number of aryl methyl sites for hydroxylation is 1. The number of fused-ring (bicyclic) bond motifs is 1. The molecule has 172 valence electrons. The molecule has 7 nitrogen and oxygen atoms in total. The number of anilines is 3. The van der Waals surface area contributed by atoms with E-state index >= 15 is 0 Å². The zero-order chi connectivity index (χ0) is 23.8. The quantitative estimate of drug-likeness (QED) is 0.411. The van der Waals surface area contributed by atoms with Crippen molar-refractivity contribution < 1.29 is 27.1 Å². The second-order valence-corrected chi connectivity index (χ2v) is 6.99. The minimum Gasteiger partial charge on any atom is -0.395 e. The molecule has 0 radical (unpaired) electrons. The zero-order valence-corrected chi connectivity index (χ0v) is 17.1. The SMILES string of the molecule is Cc1nc2c(F)cc(F)cc2n1N(c1ccc(C(F)(F)F)cc1)c1cc(NCCO)ncn1. The van der Waals surface area contributed by atoms with E-state index < -0.39 is 23.4 Å². The standard InChI is InChI=1S/C21H17F5N6O/c1-12-30-20-16(23)8-14(22)9-17(20)31(12)32(15-4-2-13(3-5-15)21(24,25)26)19-10-18(27-6-7-33)28-11-29-19/h2-5,8-11,33H,6-7H2,1H3,(H,27,28,29). The van der Waals surface area contributed by atoms with Crippen molar-refractivity contribution in [2.45, 2.75) is 13.1 Å². The van der Waals surface area contributed by atoms with Crippen molar-refractivity contribution in [1.29, 1.82) is 0 Å². The maximum Gasteiger partial charge on any atom is 0.416 e. The molecular weight excluding hydrogens is 447 g/mol. The smallest absolute Gasteiger partial charge is 0.395 e. The minimum absolute atomic E-state index is 0.0494. The monoisotopic (exact) mass is 464 g/mol. The Hall–Kier alpha value is -3.80. The molecule has 0 saturated carbocycles. The van der Waals surface area contributed by atoms with Gasteiger partial charge in [-0.2, -0.15) is 13.2 Å². The van der Waals surface area contributed by atoms with E-state index in [4.69, 9.17) is 5.11 Å². The Morgan fingerprint density at radius 3 is 2.45 bits per heavy atom. The van der Waals surface area contributed by atoms with Crippen molar-refractivity contribution in [3.05, 3.63) is 71.8 Å². The molecule has 33 heavy (non-hydrogen) atoms. The Balaban J connectivity index is 1.93. The summed E-state index contributed by atoms with van der Waals surface area (Å²) in [5, 5.41) is 13.3. The predicted molar refractivity (Wildman–Crippen MR) is 111 cm³/mol. The number of hydrogen-bond donors (Lipinski definition) is 2. The van der Waals surface area contributed by atoms with Crippen molar-refractivity contribution in [2.24, 2.45) is 0 Å². The van der Waals surface area contributed by atoms with Crippen molar-refractivity contribution in [3.63, 3.8) is 0 Å². The first-order valence-corrected chi connectivity index (χ1v) is 9.67. The number of halogens is 5. The van der Waals surface area contributed by atoms with Crippen LogP contribution in [0.15, 0.2) is 48.8 Å². The van der Waals surface area contributed by atoms with Crippen LogP contribution in [-0.4, -0.2) is 37.9 Å². The number of hydrogen-bond acceptors (Lipinski definition) is 6. The van der Waals surface area contributed by atoms with Crippen LogP contribution in [-0.2, 0) is 6.18 Å². The fourth-order valence-electron chi connectivity index (χ4n) is 3.35. The second-order valence-electron chi connectivity index (χ2n) is 6.99. The van der Waals surface area contributed by atoms with Crippen LogP contribution in [0.2, 0.25) is 0 Å². The van der Waals surface area contributed by atoms with Crippen molar-refractivity contribution in [2.75, 3.05) is 23.5 Å². The molecule has 0 fully saturated rings. The van der Waals surface area contributed by atoms with E-state index in [-0.39, 0.29) is 41.5 Å². The third-order valence-corrected chi connectivity index (χ3v) is 4.74. The van der Waals surface area contributed by atoms with Gasteiger partial charge in [0.1, 0.15) is 29.3 Å². The van der Waals surface area contributed by atoms with Gasteiger partial charge in [0.05, 0.1) is 23.4 Å². The fraction of sp³-hybridized carbons (Fsp3) is 0.190. The van der Waals surface area contributed by atoms with Gasteiger partial charge in [0, 0.05) is 24.7 Å². The molecule has 0 unspecified atom stereocenters. The van der Waals surface area contributed by atoms with Crippen LogP contribution >= 0.6 is 0 Å². The summed E-state index contributed by atoms with van der Waals surface area (Å²) in [7, 11) is 0. The van der Waals surface area contributed by atoms with Gasteiger partial charge in [0.25, 0.3) is 0 Å². The lowest BCUT2D eigenvalue weighted by atomic mass is 10.2. The van der Waals surface area contributed by atoms with Gasteiger partial charge in [-0.3, -0.25) is 0 Å². The van der Waals surface area contributed by atoms with Gasteiger partial charge in [0.2, 0.25) is 0 Å². The number of nitrogens with zero attached hydrogens (tertiary/aromatic N) is 5. The number of imidazole rings is 1. The maximum atomic E-state index is 14.4. The van der Waals surface area contributed by atoms with Gasteiger partial charge >= 0.3 is 6.18 Å². The molecule has 2 N–H and O–H groups in total. The van der Waals surface area contributed by atoms with Crippen LogP contribution in [0.3, 0.4) is 0 Å². The lowest BCUT2D eigenvalue weighted by Gasteiger charge is -2.27. The van der Waals surface area contributed by atoms with E-state index in [1.807, 2.05) is 0 Å². The normalized spacial score (nSPS) is 11.7. The third kappa shape index (κ3) is 4.42. The summed E-state index contributed by atoms with van der Waals surface area (Å²) < 4.78 is 69.0. The minimum atomic E-state index is -4.54. The molecule has 2 aromatic heterocycles. The molecule has 4 aromatic rings. The van der Waals surface area contributed by atoms with E-state index in [9.17, 15) is 22.0 Å². The van der Waals surface area contributed by atoms with Crippen LogP contribution in [0.25, 0.3) is 11.0 Å². The van der Waals surface area contributed by atoms with Crippen LogP contribution in [0.5, 0.6) is 0 Å². The Bertz CT molecular complexity index is 1290. The molecule has 0 amide bonds. The Morgan fingerprint density at radius 2 is 1.79 bits per heavy atom. The average Bonchev–Trinajstić information content (AvgIpc) is 3.09. The van der Waals surface area contributed by atoms with Gasteiger partial charge in [0.15, 0.2) is 11.6 Å². The largest absolute Gasteiger partial charge is 0.416 e. The second kappa shape index (κ2) is 8.62. The number of alkyl halides is 3. The molecule has 0 aliphatic heterocycles. The van der Waals surface area contributed by atoms with Gasteiger partial charge in [-0.05, 0) is 31.2 Å². The summed E-state index contributed by atoms with van der Waals surface area (Å²) in [5.74, 6) is -0.991. The zero-order valence-electron chi connectivity index (χ0n) is 17.1. The summed E-state index contributed by atoms with van der Waals surface area (Å²) in [5.41, 5.74) is -0.697. The number of nitrogens with one attached hydrogen (secondary N) is 1. The summed E-state index contributed by atoms with van der Waals surface area (Å²) in [6, 6.07) is 7.46. The van der Waals surface area contributed by atoms with Crippen LogP contribution in [0.1, 0.15) is 11.4 Å². The highest BCUT2D eigenvalue weighted by atomic mass is 19.4. The summed E-state index contributed by atoms with van der Waals surface area (Å²) in [4.78, 5) is 12.4. The van der Waals surface area contributed by atoms with Crippen LogP contribution < -0.4 is 10.3 Å². The highest BCUT2D eigenvalue weighted by Crippen LogP contribution is 2.34. The van der Waals surface area contributed by atoms with Crippen LogP contribution in [0, 0.1) is 18.6 Å². The average molecular weight is 464 g/mol. The molecule has 2 aromatic carbocycles. The topological polar surface area (TPSA) is 79.1 Å². The Kier molecular flexibility index (Phi) is 5.85. The van der Waals surface area contributed by atoms with Gasteiger partial charge < -0.3 is 10.4 Å². The van der Waals surface area contributed by atoms with E-state index in [1.165, 1.54) is 34.2 Å². The van der Waals surface area contributed by atoms with E-state index in [1.54, 1.807) is 6.92 Å². The number of aliphatic hydroxyl groups is 1. The molecule has 0 aliphatic rings. The number of benzene rings is 2. The number of aliphatic hydroxyl groups excluding tert-OH is 1. The van der Waals surface area contributed by atoms with Crippen molar-refractivity contribution >= 4 is 28.4 Å². The lowest BCUT2D eigenvalue weighted by Crippen LogP contribution is -2.27. The van der Waals surface area contributed by atoms with E-state index in [0.29, 0.717) is 11.9 Å². The molecule has 12 heteroatoms. The molecule has 0 aliphatic carbocycles. The first-order chi connectivity index (χ1) is 15.7. The fourth-order valence-corrected chi connectivity index (χ4v) is 3.35. The molecule has 0 spiro atoms. The third-order valence-electron chi connectivity index (χ3n) is 4.74. The number of aromatic nitrogens is 4. The van der Waals surface area contributed by atoms with Crippen molar-refractivity contribution in [3.8, 4) is 0 Å². The van der Waals surface area contributed by atoms with Crippen LogP contribution in [0.4, 0.5) is 39.3 Å². The lowest BCUT2D eigenvalue weighted by molar-refractivity contribution is -0.137. The Labute approximate surface area is 184 Å². The van der Waals surface area contributed by atoms with Crippen molar-refractivity contribution in [1.82, 2.24) is 19.6 Å². The molecule has 0 bridgehead atoms. The molecule has 0 saturated heterocycles. The number of rotatable bonds is 6. The highest BCUT2D eigenvalue weighted by Gasteiger charge is 2.31. The van der Waals surface area contributed by atoms with E-state index in [2.05, 4.69) is 20.3 Å². The summed E-state index contributed by atoms with van der Waals surface area (Å²) in [6.45, 7) is 1.58.